The third kappa shape index (κ3) is 3.06. The Hall–Kier alpha value is -0.880. The van der Waals surface area contributed by atoms with Crippen molar-refractivity contribution < 1.29 is 9.53 Å². The maximum Gasteiger partial charge on any atom is 0.323 e. The van der Waals surface area contributed by atoms with Gasteiger partial charge in [0.15, 0.2) is 0 Å². The first-order valence-corrected chi connectivity index (χ1v) is 7.89. The molecule has 1 aromatic heterocycles. The van der Waals surface area contributed by atoms with E-state index < -0.39 is 0 Å². The van der Waals surface area contributed by atoms with Crippen molar-refractivity contribution in [2.45, 2.75) is 45.2 Å². The Morgan fingerprint density at radius 2 is 2.25 bits per heavy atom. The number of ether oxygens (including phenoxy) is 1. The van der Waals surface area contributed by atoms with E-state index in [9.17, 15) is 4.79 Å². The summed E-state index contributed by atoms with van der Waals surface area (Å²) in [6, 6.07) is -0.124. The first kappa shape index (κ1) is 15.5. The third-order valence-electron chi connectivity index (χ3n) is 3.94. The predicted octanol–water partition coefficient (Wildman–Crippen LogP) is 2.27. The minimum absolute atomic E-state index is 0.124. The van der Waals surface area contributed by atoms with E-state index in [-0.39, 0.29) is 12.0 Å². The van der Waals surface area contributed by atoms with E-state index in [1.165, 1.54) is 7.11 Å². The van der Waals surface area contributed by atoms with E-state index in [1.54, 1.807) is 0 Å². The van der Waals surface area contributed by atoms with Crippen molar-refractivity contribution in [3.63, 3.8) is 0 Å². The number of halogens is 1. The van der Waals surface area contributed by atoms with Gasteiger partial charge in [0.2, 0.25) is 0 Å². The van der Waals surface area contributed by atoms with Gasteiger partial charge in [-0.25, -0.2) is 0 Å². The van der Waals surface area contributed by atoms with E-state index in [4.69, 9.17) is 4.74 Å². The number of methoxy groups -OCH3 is 1. The second kappa shape index (κ2) is 6.72. The van der Waals surface area contributed by atoms with Gasteiger partial charge >= 0.3 is 5.97 Å². The monoisotopic (exact) mass is 343 g/mol. The van der Waals surface area contributed by atoms with Crippen molar-refractivity contribution in [1.82, 2.24) is 14.7 Å². The summed E-state index contributed by atoms with van der Waals surface area (Å²) < 4.78 is 7.90. The SMILES string of the molecule is CCc1nn(C)c(CN2CCCCC2C(=O)OC)c1Br. The number of hydrogen-bond donors (Lipinski definition) is 0. The van der Waals surface area contributed by atoms with Gasteiger partial charge < -0.3 is 4.74 Å². The summed E-state index contributed by atoms with van der Waals surface area (Å²) in [6.45, 7) is 3.75. The Morgan fingerprint density at radius 3 is 2.85 bits per heavy atom. The van der Waals surface area contributed by atoms with Crippen molar-refractivity contribution in [2.75, 3.05) is 13.7 Å². The molecule has 1 atom stereocenters. The highest BCUT2D eigenvalue weighted by atomic mass is 79.9. The molecule has 0 aliphatic carbocycles. The predicted molar refractivity (Wildman–Crippen MR) is 80.4 cm³/mol. The van der Waals surface area contributed by atoms with Crippen LogP contribution in [0.3, 0.4) is 0 Å². The van der Waals surface area contributed by atoms with Crippen molar-refractivity contribution >= 4 is 21.9 Å². The summed E-state index contributed by atoms with van der Waals surface area (Å²) in [5, 5.41) is 4.51. The Labute approximate surface area is 128 Å². The maximum absolute atomic E-state index is 11.9. The zero-order chi connectivity index (χ0) is 14.7. The van der Waals surface area contributed by atoms with Crippen LogP contribution in [0.25, 0.3) is 0 Å². The van der Waals surface area contributed by atoms with Crippen LogP contribution >= 0.6 is 15.9 Å². The van der Waals surface area contributed by atoms with Gasteiger partial charge in [-0.05, 0) is 41.7 Å². The second-order valence-corrected chi connectivity index (χ2v) is 5.98. The van der Waals surface area contributed by atoms with Crippen LogP contribution in [-0.4, -0.2) is 40.3 Å². The van der Waals surface area contributed by atoms with E-state index in [0.717, 1.165) is 54.6 Å². The number of carbonyl (C=O) groups excluding carboxylic acids is 1. The van der Waals surface area contributed by atoms with Gasteiger partial charge in [-0.15, -0.1) is 0 Å². The summed E-state index contributed by atoms with van der Waals surface area (Å²) in [5.41, 5.74) is 2.19. The molecule has 1 saturated heterocycles. The van der Waals surface area contributed by atoms with E-state index in [2.05, 4.69) is 32.9 Å². The average Bonchev–Trinajstić information content (AvgIpc) is 2.74. The van der Waals surface area contributed by atoms with Crippen LogP contribution in [0.2, 0.25) is 0 Å². The second-order valence-electron chi connectivity index (χ2n) is 5.19. The minimum atomic E-state index is -0.126. The smallest absolute Gasteiger partial charge is 0.323 e. The molecule has 1 unspecified atom stereocenters. The molecule has 0 saturated carbocycles. The highest BCUT2D eigenvalue weighted by molar-refractivity contribution is 9.10. The number of likely N-dealkylation sites (tertiary alicyclic amines) is 1. The number of aryl methyl sites for hydroxylation is 2. The molecule has 112 valence electrons. The molecule has 1 fully saturated rings. The fraction of sp³-hybridized carbons (Fsp3) is 0.714. The molecule has 0 radical (unpaired) electrons. The fourth-order valence-corrected chi connectivity index (χ4v) is 3.51. The Bertz CT molecular complexity index is 487. The molecule has 1 aliphatic rings. The fourth-order valence-electron chi connectivity index (χ4n) is 2.77. The molecule has 5 nitrogen and oxygen atoms in total. The number of esters is 1. The molecule has 6 heteroatoms. The van der Waals surface area contributed by atoms with Gasteiger partial charge in [0, 0.05) is 13.6 Å². The largest absolute Gasteiger partial charge is 0.468 e. The molecule has 0 bridgehead atoms. The Morgan fingerprint density at radius 1 is 1.50 bits per heavy atom. The molecule has 1 aromatic rings. The van der Waals surface area contributed by atoms with E-state index in [1.807, 2.05) is 11.7 Å². The van der Waals surface area contributed by atoms with Crippen LogP contribution in [0.4, 0.5) is 0 Å². The number of carbonyl (C=O) groups is 1. The van der Waals surface area contributed by atoms with Crippen LogP contribution in [0.1, 0.15) is 37.6 Å². The molecule has 0 aromatic carbocycles. The summed E-state index contributed by atoms with van der Waals surface area (Å²) in [5.74, 6) is -0.126. The van der Waals surface area contributed by atoms with Gasteiger partial charge in [-0.2, -0.15) is 5.10 Å². The minimum Gasteiger partial charge on any atom is -0.468 e. The molecule has 0 N–H and O–H groups in total. The van der Waals surface area contributed by atoms with Gasteiger partial charge in [0.05, 0.1) is 23.0 Å². The quantitative estimate of drug-likeness (QED) is 0.787. The molecule has 2 heterocycles. The van der Waals surface area contributed by atoms with E-state index >= 15 is 0 Å². The third-order valence-corrected chi connectivity index (χ3v) is 4.86. The van der Waals surface area contributed by atoms with Gasteiger partial charge in [-0.1, -0.05) is 13.3 Å². The zero-order valence-corrected chi connectivity index (χ0v) is 13.9. The lowest BCUT2D eigenvalue weighted by atomic mass is 10.0. The normalized spacial score (nSPS) is 20.1. The van der Waals surface area contributed by atoms with Crippen LogP contribution in [-0.2, 0) is 29.5 Å². The Kier molecular flexibility index (Phi) is 5.21. The van der Waals surface area contributed by atoms with Gasteiger partial charge in [0.1, 0.15) is 6.04 Å². The highest BCUT2D eigenvalue weighted by Crippen LogP contribution is 2.26. The van der Waals surface area contributed by atoms with Gasteiger partial charge in [-0.3, -0.25) is 14.4 Å². The molecular weight excluding hydrogens is 322 g/mol. The number of hydrogen-bond acceptors (Lipinski definition) is 4. The lowest BCUT2D eigenvalue weighted by Gasteiger charge is -2.33. The first-order chi connectivity index (χ1) is 9.58. The van der Waals surface area contributed by atoms with Crippen molar-refractivity contribution in [2.24, 2.45) is 7.05 Å². The zero-order valence-electron chi connectivity index (χ0n) is 12.4. The van der Waals surface area contributed by atoms with Crippen LogP contribution in [0.15, 0.2) is 4.47 Å². The average molecular weight is 344 g/mol. The summed E-state index contributed by atoms with van der Waals surface area (Å²) in [6.07, 6.45) is 3.99. The highest BCUT2D eigenvalue weighted by Gasteiger charge is 2.30. The Balaban J connectivity index is 2.18. The first-order valence-electron chi connectivity index (χ1n) is 7.10. The summed E-state index contributed by atoms with van der Waals surface area (Å²) in [7, 11) is 3.42. The topological polar surface area (TPSA) is 47.4 Å². The van der Waals surface area contributed by atoms with Crippen molar-refractivity contribution in [3.8, 4) is 0 Å². The molecule has 1 aliphatic heterocycles. The molecular formula is C14H22BrN3O2. The van der Waals surface area contributed by atoms with Crippen LogP contribution < -0.4 is 0 Å². The summed E-state index contributed by atoms with van der Waals surface area (Å²) >= 11 is 3.64. The number of nitrogens with zero attached hydrogens (tertiary/aromatic N) is 3. The standard InChI is InChI=1S/C14H22BrN3O2/c1-4-10-13(15)12(17(2)16-10)9-18-8-6-5-7-11(18)14(19)20-3/h11H,4-9H2,1-3H3. The lowest BCUT2D eigenvalue weighted by molar-refractivity contribution is -0.148. The van der Waals surface area contributed by atoms with Crippen LogP contribution in [0.5, 0.6) is 0 Å². The lowest BCUT2D eigenvalue weighted by Crippen LogP contribution is -2.45. The molecule has 0 amide bonds. The summed E-state index contributed by atoms with van der Waals surface area (Å²) in [4.78, 5) is 14.1. The van der Waals surface area contributed by atoms with Crippen molar-refractivity contribution in [1.29, 1.82) is 0 Å². The molecule has 0 spiro atoms. The molecule has 20 heavy (non-hydrogen) atoms. The van der Waals surface area contributed by atoms with Crippen LogP contribution in [0, 0.1) is 0 Å². The molecule has 2 rings (SSSR count). The van der Waals surface area contributed by atoms with E-state index in [0.29, 0.717) is 0 Å². The number of rotatable bonds is 4. The van der Waals surface area contributed by atoms with Crippen molar-refractivity contribution in [3.05, 3.63) is 15.9 Å². The number of piperidine rings is 1. The maximum atomic E-state index is 11.9. The van der Waals surface area contributed by atoms with Gasteiger partial charge in [0.25, 0.3) is 0 Å². The number of aromatic nitrogens is 2.